The average molecular weight is 346 g/mol. The van der Waals surface area contributed by atoms with Crippen molar-refractivity contribution in [3.05, 3.63) is 64.0 Å². The molecule has 0 fully saturated rings. The number of phenolic OH excluding ortho intramolecular Hbond substituents is 1. The number of anilines is 1. The average Bonchev–Trinajstić information content (AvgIpc) is 2.58. The third-order valence-corrected chi connectivity index (χ3v) is 2.90. The van der Waals surface area contributed by atoms with Crippen LogP contribution in [0.2, 0.25) is 0 Å². The van der Waals surface area contributed by atoms with E-state index < -0.39 is 34.0 Å². The van der Waals surface area contributed by atoms with Gasteiger partial charge in [0.2, 0.25) is 0 Å². The van der Waals surface area contributed by atoms with Crippen LogP contribution in [0, 0.1) is 15.9 Å². The van der Waals surface area contributed by atoms with Crippen molar-refractivity contribution < 1.29 is 24.0 Å². The molecule has 2 rings (SSSR count). The van der Waals surface area contributed by atoms with E-state index in [2.05, 4.69) is 10.4 Å². The summed E-state index contributed by atoms with van der Waals surface area (Å²) in [6.45, 7) is 0. The van der Waals surface area contributed by atoms with Gasteiger partial charge in [-0.1, -0.05) is 12.1 Å². The Balaban J connectivity index is 1.98. The Kier molecular flexibility index (Phi) is 5.36. The number of hydrazone groups is 1. The first-order valence-corrected chi connectivity index (χ1v) is 6.75. The first-order valence-electron chi connectivity index (χ1n) is 6.75. The number of nitrogens with one attached hydrogen (secondary N) is 2. The Morgan fingerprint density at radius 2 is 1.92 bits per heavy atom. The van der Waals surface area contributed by atoms with Gasteiger partial charge < -0.3 is 10.4 Å². The number of rotatable bonds is 4. The van der Waals surface area contributed by atoms with E-state index in [1.807, 2.05) is 5.43 Å². The first kappa shape index (κ1) is 17.5. The molecule has 0 atom stereocenters. The van der Waals surface area contributed by atoms with E-state index in [-0.39, 0.29) is 11.3 Å². The van der Waals surface area contributed by atoms with Gasteiger partial charge in [-0.3, -0.25) is 19.7 Å². The van der Waals surface area contributed by atoms with Crippen molar-refractivity contribution in [3.8, 4) is 5.75 Å². The highest BCUT2D eigenvalue weighted by molar-refractivity contribution is 6.39. The Hall–Kier alpha value is -3.82. The molecular weight excluding hydrogens is 335 g/mol. The van der Waals surface area contributed by atoms with Gasteiger partial charge in [-0.05, 0) is 24.3 Å². The molecule has 25 heavy (non-hydrogen) atoms. The SMILES string of the molecule is O=C(N/N=C/c1ccc(O)c([N+](=O)[O-])c1)C(=O)Nc1ccccc1F. The fourth-order valence-electron chi connectivity index (χ4n) is 1.72. The van der Waals surface area contributed by atoms with Crippen LogP contribution in [0.3, 0.4) is 0 Å². The summed E-state index contributed by atoms with van der Waals surface area (Å²) in [6.07, 6.45) is 1.04. The zero-order valence-electron chi connectivity index (χ0n) is 12.5. The summed E-state index contributed by atoms with van der Waals surface area (Å²) >= 11 is 0. The molecule has 0 heterocycles. The lowest BCUT2D eigenvalue weighted by molar-refractivity contribution is -0.385. The van der Waals surface area contributed by atoms with Crippen LogP contribution in [0.4, 0.5) is 15.8 Å². The second kappa shape index (κ2) is 7.64. The zero-order chi connectivity index (χ0) is 18.4. The molecular formula is C15H11FN4O5. The summed E-state index contributed by atoms with van der Waals surface area (Å²) < 4.78 is 13.4. The van der Waals surface area contributed by atoms with Crippen LogP contribution in [0.5, 0.6) is 5.75 Å². The van der Waals surface area contributed by atoms with E-state index in [9.17, 15) is 29.2 Å². The van der Waals surface area contributed by atoms with Crippen molar-refractivity contribution in [1.29, 1.82) is 0 Å². The van der Waals surface area contributed by atoms with Crippen molar-refractivity contribution in [2.45, 2.75) is 0 Å². The van der Waals surface area contributed by atoms with Crippen molar-refractivity contribution in [2.24, 2.45) is 5.10 Å². The summed E-state index contributed by atoms with van der Waals surface area (Å²) in [4.78, 5) is 33.1. The number of carbonyl (C=O) groups is 2. The van der Waals surface area contributed by atoms with Crippen LogP contribution < -0.4 is 10.7 Å². The van der Waals surface area contributed by atoms with Crippen LogP contribution >= 0.6 is 0 Å². The first-order chi connectivity index (χ1) is 11.9. The molecule has 3 N–H and O–H groups in total. The molecule has 0 saturated carbocycles. The molecule has 2 aromatic carbocycles. The predicted molar refractivity (Wildman–Crippen MR) is 85.5 cm³/mol. The minimum atomic E-state index is -1.16. The van der Waals surface area contributed by atoms with Crippen molar-refractivity contribution in [3.63, 3.8) is 0 Å². The largest absolute Gasteiger partial charge is 0.502 e. The van der Waals surface area contributed by atoms with E-state index >= 15 is 0 Å². The molecule has 2 aromatic rings. The third kappa shape index (κ3) is 4.58. The monoisotopic (exact) mass is 346 g/mol. The number of nitrogens with zero attached hydrogens (tertiary/aromatic N) is 2. The normalized spacial score (nSPS) is 10.4. The third-order valence-electron chi connectivity index (χ3n) is 2.90. The number of para-hydroxylation sites is 1. The highest BCUT2D eigenvalue weighted by atomic mass is 19.1. The van der Waals surface area contributed by atoms with E-state index in [0.717, 1.165) is 24.4 Å². The number of amides is 2. The van der Waals surface area contributed by atoms with Gasteiger partial charge in [0, 0.05) is 11.6 Å². The molecule has 0 saturated heterocycles. The van der Waals surface area contributed by atoms with Gasteiger partial charge in [-0.2, -0.15) is 5.10 Å². The number of hydrogen-bond donors (Lipinski definition) is 3. The lowest BCUT2D eigenvalue weighted by Crippen LogP contribution is -2.32. The highest BCUT2D eigenvalue weighted by Gasteiger charge is 2.15. The predicted octanol–water partition coefficient (Wildman–Crippen LogP) is 1.53. The van der Waals surface area contributed by atoms with Gasteiger partial charge in [-0.15, -0.1) is 0 Å². The number of halogens is 1. The van der Waals surface area contributed by atoms with E-state index in [1.165, 1.54) is 24.3 Å². The molecule has 0 aliphatic carbocycles. The summed E-state index contributed by atoms with van der Waals surface area (Å²) in [5, 5.41) is 25.6. The number of nitro benzene ring substituents is 1. The van der Waals surface area contributed by atoms with Crippen molar-refractivity contribution in [1.82, 2.24) is 5.43 Å². The second-order valence-electron chi connectivity index (χ2n) is 4.64. The van der Waals surface area contributed by atoms with Gasteiger partial charge in [0.25, 0.3) is 0 Å². The van der Waals surface area contributed by atoms with Crippen molar-refractivity contribution >= 4 is 29.4 Å². The van der Waals surface area contributed by atoms with Gasteiger partial charge in [0.1, 0.15) is 5.82 Å². The topological polar surface area (TPSA) is 134 Å². The summed E-state index contributed by atoms with van der Waals surface area (Å²) in [5.74, 6) is -3.52. The molecule has 0 spiro atoms. The molecule has 0 unspecified atom stereocenters. The van der Waals surface area contributed by atoms with Crippen LogP contribution in [-0.4, -0.2) is 28.1 Å². The molecule has 0 aliphatic rings. The lowest BCUT2D eigenvalue weighted by atomic mass is 10.2. The number of benzene rings is 2. The Morgan fingerprint density at radius 3 is 2.60 bits per heavy atom. The van der Waals surface area contributed by atoms with Crippen LogP contribution in [0.1, 0.15) is 5.56 Å². The lowest BCUT2D eigenvalue weighted by Gasteiger charge is -2.04. The fourth-order valence-corrected chi connectivity index (χ4v) is 1.72. The Morgan fingerprint density at radius 1 is 1.20 bits per heavy atom. The van der Waals surface area contributed by atoms with Crippen LogP contribution in [0.15, 0.2) is 47.6 Å². The zero-order valence-corrected chi connectivity index (χ0v) is 12.5. The van der Waals surface area contributed by atoms with E-state index in [1.54, 1.807) is 0 Å². The smallest absolute Gasteiger partial charge is 0.329 e. The fraction of sp³-hybridized carbons (Fsp3) is 0. The van der Waals surface area contributed by atoms with Gasteiger partial charge >= 0.3 is 17.5 Å². The van der Waals surface area contributed by atoms with E-state index in [4.69, 9.17) is 0 Å². The van der Waals surface area contributed by atoms with Gasteiger partial charge in [0.05, 0.1) is 16.8 Å². The minimum absolute atomic E-state index is 0.166. The molecule has 0 aliphatic heterocycles. The van der Waals surface area contributed by atoms with Crippen LogP contribution in [-0.2, 0) is 9.59 Å². The standard InChI is InChI=1S/C15H11FN4O5/c16-10-3-1-2-4-11(10)18-14(22)15(23)19-17-8-9-5-6-13(21)12(7-9)20(24)25/h1-8,21H,(H,18,22)(H,19,23)/b17-8+. The quantitative estimate of drug-likeness (QED) is 0.334. The summed E-state index contributed by atoms with van der Waals surface area (Å²) in [6, 6.07) is 8.73. The van der Waals surface area contributed by atoms with Gasteiger partial charge in [-0.25, -0.2) is 9.82 Å². The summed E-state index contributed by atoms with van der Waals surface area (Å²) in [5.41, 5.74) is 1.40. The number of aromatic hydroxyl groups is 1. The van der Waals surface area contributed by atoms with Crippen molar-refractivity contribution in [2.75, 3.05) is 5.32 Å². The molecule has 0 radical (unpaired) electrons. The number of hydrogen-bond acceptors (Lipinski definition) is 6. The molecule has 128 valence electrons. The van der Waals surface area contributed by atoms with Crippen LogP contribution in [0.25, 0.3) is 0 Å². The minimum Gasteiger partial charge on any atom is -0.502 e. The molecule has 10 heteroatoms. The number of nitro groups is 1. The molecule has 0 bridgehead atoms. The molecule has 9 nitrogen and oxygen atoms in total. The maximum atomic E-state index is 13.4. The summed E-state index contributed by atoms with van der Waals surface area (Å²) in [7, 11) is 0. The maximum Gasteiger partial charge on any atom is 0.329 e. The van der Waals surface area contributed by atoms with E-state index in [0.29, 0.717) is 0 Å². The van der Waals surface area contributed by atoms with Gasteiger partial charge in [0.15, 0.2) is 5.75 Å². The number of phenols is 1. The highest BCUT2D eigenvalue weighted by Crippen LogP contribution is 2.25. The molecule has 0 aromatic heterocycles. The Labute approximate surface area is 139 Å². The Bertz CT molecular complexity index is 869. The number of carbonyl (C=O) groups excluding carboxylic acids is 2. The molecule has 2 amide bonds. The maximum absolute atomic E-state index is 13.4. The second-order valence-corrected chi connectivity index (χ2v) is 4.64.